The summed E-state index contributed by atoms with van der Waals surface area (Å²) in [6.07, 6.45) is 3.72. The van der Waals surface area contributed by atoms with Gasteiger partial charge in [-0.1, -0.05) is 6.92 Å². The van der Waals surface area contributed by atoms with Crippen molar-refractivity contribution in [3.05, 3.63) is 0 Å². The highest BCUT2D eigenvalue weighted by Gasteiger charge is 2.33. The smallest absolute Gasteiger partial charge is 0.0126 e. The van der Waals surface area contributed by atoms with Gasteiger partial charge in [0.1, 0.15) is 0 Å². The van der Waals surface area contributed by atoms with Gasteiger partial charge in [-0.05, 0) is 26.2 Å². The molecule has 0 spiro atoms. The first-order valence-electron chi connectivity index (χ1n) is 6.44. The Kier molecular flexibility index (Phi) is 3.65. The zero-order valence-electron chi connectivity index (χ0n) is 10.2. The van der Waals surface area contributed by atoms with Crippen LogP contribution >= 0.6 is 0 Å². The van der Waals surface area contributed by atoms with Gasteiger partial charge >= 0.3 is 0 Å². The predicted molar refractivity (Wildman–Crippen MR) is 63.9 cm³/mol. The minimum absolute atomic E-state index is 0.489. The molecule has 3 nitrogen and oxygen atoms in total. The van der Waals surface area contributed by atoms with Crippen LogP contribution in [0, 0.1) is 0 Å². The molecule has 0 aromatic carbocycles. The first kappa shape index (κ1) is 11.4. The third-order valence-electron chi connectivity index (χ3n) is 4.23. The van der Waals surface area contributed by atoms with Crippen LogP contribution in [0.25, 0.3) is 0 Å². The lowest BCUT2D eigenvalue weighted by Crippen LogP contribution is -2.57. The van der Waals surface area contributed by atoms with E-state index in [9.17, 15) is 0 Å². The van der Waals surface area contributed by atoms with Crippen molar-refractivity contribution in [3.8, 4) is 0 Å². The molecule has 0 bridgehead atoms. The van der Waals surface area contributed by atoms with Gasteiger partial charge in [0.15, 0.2) is 0 Å². The minimum Gasteiger partial charge on any atom is -0.328 e. The fourth-order valence-corrected chi connectivity index (χ4v) is 2.73. The second kappa shape index (κ2) is 4.81. The number of hydrogen-bond acceptors (Lipinski definition) is 3. The lowest BCUT2D eigenvalue weighted by atomic mass is 9.86. The normalized spacial score (nSPS) is 36.2. The largest absolute Gasteiger partial charge is 0.328 e. The van der Waals surface area contributed by atoms with Crippen LogP contribution in [0.3, 0.4) is 0 Å². The molecule has 1 aliphatic carbocycles. The molecule has 1 saturated heterocycles. The molecule has 3 heteroatoms. The van der Waals surface area contributed by atoms with E-state index >= 15 is 0 Å². The van der Waals surface area contributed by atoms with E-state index < -0.39 is 0 Å². The van der Waals surface area contributed by atoms with Crippen molar-refractivity contribution in [2.24, 2.45) is 5.73 Å². The molecule has 1 heterocycles. The van der Waals surface area contributed by atoms with Gasteiger partial charge in [-0.3, -0.25) is 9.80 Å². The van der Waals surface area contributed by atoms with Crippen LogP contribution in [0.15, 0.2) is 0 Å². The molecule has 1 atom stereocenters. The number of nitrogens with zero attached hydrogens (tertiary/aromatic N) is 2. The van der Waals surface area contributed by atoms with E-state index in [1.54, 1.807) is 0 Å². The van der Waals surface area contributed by atoms with E-state index in [4.69, 9.17) is 5.73 Å². The average molecular weight is 211 g/mol. The Balaban J connectivity index is 1.72. The Morgan fingerprint density at radius 3 is 2.27 bits per heavy atom. The van der Waals surface area contributed by atoms with Crippen LogP contribution in [0.5, 0.6) is 0 Å². The van der Waals surface area contributed by atoms with E-state index in [2.05, 4.69) is 23.6 Å². The van der Waals surface area contributed by atoms with Crippen molar-refractivity contribution in [2.45, 2.75) is 51.2 Å². The summed E-state index contributed by atoms with van der Waals surface area (Å²) in [5, 5.41) is 0. The van der Waals surface area contributed by atoms with Gasteiger partial charge in [-0.2, -0.15) is 0 Å². The van der Waals surface area contributed by atoms with Crippen molar-refractivity contribution in [1.82, 2.24) is 9.80 Å². The van der Waals surface area contributed by atoms with Gasteiger partial charge in [-0.25, -0.2) is 0 Å². The monoisotopic (exact) mass is 211 g/mol. The third kappa shape index (κ3) is 2.52. The summed E-state index contributed by atoms with van der Waals surface area (Å²) in [5.41, 5.74) is 5.84. The molecule has 0 amide bonds. The average Bonchev–Trinajstić information content (AvgIpc) is 2.24. The van der Waals surface area contributed by atoms with Crippen LogP contribution in [0.2, 0.25) is 0 Å². The predicted octanol–water partition coefficient (Wildman–Crippen LogP) is 0.892. The van der Waals surface area contributed by atoms with Crippen molar-refractivity contribution in [1.29, 1.82) is 0 Å². The molecule has 2 aliphatic rings. The SMILES string of the molecule is CCC(C)N1CCN(C2CC(N)C2)CC1. The van der Waals surface area contributed by atoms with Crippen LogP contribution in [-0.2, 0) is 0 Å². The van der Waals surface area contributed by atoms with E-state index in [-0.39, 0.29) is 0 Å². The van der Waals surface area contributed by atoms with Crippen molar-refractivity contribution in [3.63, 3.8) is 0 Å². The van der Waals surface area contributed by atoms with E-state index in [1.165, 1.54) is 45.4 Å². The fraction of sp³-hybridized carbons (Fsp3) is 1.00. The highest BCUT2D eigenvalue weighted by molar-refractivity contribution is 4.91. The Labute approximate surface area is 93.6 Å². The van der Waals surface area contributed by atoms with Crippen LogP contribution in [0.4, 0.5) is 0 Å². The standard InChI is InChI=1S/C12H25N3/c1-3-10(2)14-4-6-15(7-5-14)12-8-11(13)9-12/h10-12H,3-9,13H2,1-2H3. The molecule has 88 valence electrons. The maximum absolute atomic E-state index is 5.84. The molecule has 1 saturated carbocycles. The quantitative estimate of drug-likeness (QED) is 0.752. The molecule has 0 radical (unpaired) electrons. The molecule has 0 aromatic rings. The molecule has 0 aromatic heterocycles. The second-order valence-corrected chi connectivity index (χ2v) is 5.21. The Hall–Kier alpha value is -0.120. The molecule has 1 aliphatic heterocycles. The Morgan fingerprint density at radius 1 is 1.20 bits per heavy atom. The molecule has 2 fully saturated rings. The van der Waals surface area contributed by atoms with E-state index in [1.807, 2.05) is 0 Å². The third-order valence-corrected chi connectivity index (χ3v) is 4.23. The summed E-state index contributed by atoms with van der Waals surface area (Å²) in [4.78, 5) is 5.26. The molecule has 2 rings (SSSR count). The molecule has 1 unspecified atom stereocenters. The zero-order chi connectivity index (χ0) is 10.8. The van der Waals surface area contributed by atoms with Crippen LogP contribution in [0.1, 0.15) is 33.1 Å². The summed E-state index contributed by atoms with van der Waals surface area (Å²) >= 11 is 0. The minimum atomic E-state index is 0.489. The lowest BCUT2D eigenvalue weighted by molar-refractivity contribution is 0.0381. The second-order valence-electron chi connectivity index (χ2n) is 5.21. The fourth-order valence-electron chi connectivity index (χ4n) is 2.73. The van der Waals surface area contributed by atoms with Crippen molar-refractivity contribution < 1.29 is 0 Å². The van der Waals surface area contributed by atoms with E-state index in [0.717, 1.165) is 12.1 Å². The Bertz CT molecular complexity index is 193. The summed E-state index contributed by atoms with van der Waals surface area (Å²) in [6, 6.07) is 2.05. The maximum atomic E-state index is 5.84. The number of piperazine rings is 1. The number of rotatable bonds is 3. The van der Waals surface area contributed by atoms with Gasteiger partial charge in [0.25, 0.3) is 0 Å². The van der Waals surface area contributed by atoms with Gasteiger partial charge in [0, 0.05) is 44.3 Å². The van der Waals surface area contributed by atoms with Crippen molar-refractivity contribution in [2.75, 3.05) is 26.2 Å². The van der Waals surface area contributed by atoms with E-state index in [0.29, 0.717) is 6.04 Å². The Morgan fingerprint density at radius 2 is 1.80 bits per heavy atom. The highest BCUT2D eigenvalue weighted by atomic mass is 15.3. The first-order valence-corrected chi connectivity index (χ1v) is 6.44. The summed E-state index contributed by atoms with van der Waals surface area (Å²) < 4.78 is 0. The topological polar surface area (TPSA) is 32.5 Å². The molecule has 2 N–H and O–H groups in total. The summed E-state index contributed by atoms with van der Waals surface area (Å²) in [7, 11) is 0. The zero-order valence-corrected chi connectivity index (χ0v) is 10.2. The molecule has 15 heavy (non-hydrogen) atoms. The lowest BCUT2D eigenvalue weighted by Gasteiger charge is -2.46. The van der Waals surface area contributed by atoms with Gasteiger partial charge in [-0.15, -0.1) is 0 Å². The summed E-state index contributed by atoms with van der Waals surface area (Å²) in [6.45, 7) is 9.63. The molecular formula is C12H25N3. The van der Waals surface area contributed by atoms with Crippen LogP contribution in [-0.4, -0.2) is 54.1 Å². The highest BCUT2D eigenvalue weighted by Crippen LogP contribution is 2.25. The van der Waals surface area contributed by atoms with Crippen molar-refractivity contribution >= 4 is 0 Å². The first-order chi connectivity index (χ1) is 7.20. The molecular weight excluding hydrogens is 186 g/mol. The van der Waals surface area contributed by atoms with Crippen LogP contribution < -0.4 is 5.73 Å². The summed E-state index contributed by atoms with van der Waals surface area (Å²) in [5.74, 6) is 0. The van der Waals surface area contributed by atoms with Gasteiger partial charge < -0.3 is 5.73 Å². The van der Waals surface area contributed by atoms with Gasteiger partial charge in [0.2, 0.25) is 0 Å². The number of nitrogens with two attached hydrogens (primary N) is 1. The van der Waals surface area contributed by atoms with Gasteiger partial charge in [0.05, 0.1) is 0 Å². The maximum Gasteiger partial charge on any atom is 0.0126 e. The number of hydrogen-bond donors (Lipinski definition) is 1.